The first-order chi connectivity index (χ1) is 10.3. The molecule has 1 aliphatic rings. The molecular weight excluding hydrogens is 300 g/mol. The SMILES string of the molecule is CCc1nsc(Sc2ccc(CNC3CC3)cc2C#N)n1. The molecule has 1 N–H and O–H groups in total. The Bertz CT molecular complexity index is 671. The van der Waals surface area contributed by atoms with E-state index < -0.39 is 0 Å². The van der Waals surface area contributed by atoms with Crippen molar-refractivity contribution < 1.29 is 0 Å². The molecule has 108 valence electrons. The van der Waals surface area contributed by atoms with Crippen molar-refractivity contribution in [2.24, 2.45) is 0 Å². The van der Waals surface area contributed by atoms with E-state index in [0.29, 0.717) is 11.6 Å². The molecule has 0 aliphatic heterocycles. The number of nitrogens with one attached hydrogen (secondary N) is 1. The van der Waals surface area contributed by atoms with E-state index in [1.54, 1.807) is 0 Å². The second kappa shape index (κ2) is 6.56. The Balaban J connectivity index is 1.73. The van der Waals surface area contributed by atoms with Crippen LogP contribution in [0, 0.1) is 11.3 Å². The molecule has 0 bridgehead atoms. The van der Waals surface area contributed by atoms with Crippen molar-refractivity contribution in [2.75, 3.05) is 0 Å². The summed E-state index contributed by atoms with van der Waals surface area (Å²) in [6.07, 6.45) is 3.39. The number of nitrogens with zero attached hydrogens (tertiary/aromatic N) is 3. The Hall–Kier alpha value is -1.42. The van der Waals surface area contributed by atoms with Crippen LogP contribution in [-0.2, 0) is 13.0 Å². The van der Waals surface area contributed by atoms with Gasteiger partial charge < -0.3 is 5.32 Å². The Morgan fingerprint density at radius 3 is 3.00 bits per heavy atom. The summed E-state index contributed by atoms with van der Waals surface area (Å²) in [6, 6.07) is 9.04. The van der Waals surface area contributed by atoms with Gasteiger partial charge in [0.05, 0.1) is 5.56 Å². The third-order valence-electron chi connectivity index (χ3n) is 3.30. The molecule has 4 nitrogen and oxygen atoms in total. The largest absolute Gasteiger partial charge is 0.310 e. The van der Waals surface area contributed by atoms with Crippen molar-refractivity contribution in [3.05, 3.63) is 35.2 Å². The van der Waals surface area contributed by atoms with Crippen LogP contribution in [0.15, 0.2) is 27.4 Å². The summed E-state index contributed by atoms with van der Waals surface area (Å²) in [5.74, 6) is 0.867. The highest BCUT2D eigenvalue weighted by Gasteiger charge is 2.20. The highest BCUT2D eigenvalue weighted by atomic mass is 32.2. The fraction of sp³-hybridized carbons (Fsp3) is 0.400. The quantitative estimate of drug-likeness (QED) is 0.885. The van der Waals surface area contributed by atoms with Gasteiger partial charge in [-0.05, 0) is 42.1 Å². The van der Waals surface area contributed by atoms with Crippen LogP contribution in [0.4, 0.5) is 0 Å². The number of hydrogen-bond donors (Lipinski definition) is 1. The first kappa shape index (κ1) is 14.5. The van der Waals surface area contributed by atoms with Crippen LogP contribution in [0.5, 0.6) is 0 Å². The van der Waals surface area contributed by atoms with Gasteiger partial charge in [-0.1, -0.05) is 24.8 Å². The monoisotopic (exact) mass is 316 g/mol. The maximum atomic E-state index is 9.35. The van der Waals surface area contributed by atoms with E-state index in [9.17, 15) is 5.26 Å². The van der Waals surface area contributed by atoms with Crippen LogP contribution in [-0.4, -0.2) is 15.4 Å². The molecule has 0 atom stereocenters. The van der Waals surface area contributed by atoms with Gasteiger partial charge >= 0.3 is 0 Å². The van der Waals surface area contributed by atoms with Gasteiger partial charge in [0, 0.05) is 23.9 Å². The van der Waals surface area contributed by atoms with E-state index in [0.717, 1.165) is 33.6 Å². The number of rotatable bonds is 6. The Morgan fingerprint density at radius 1 is 1.48 bits per heavy atom. The molecule has 0 unspecified atom stereocenters. The van der Waals surface area contributed by atoms with E-state index in [-0.39, 0.29) is 0 Å². The molecule has 1 heterocycles. The standard InChI is InChI=1S/C15H16N4S2/c1-2-14-18-15(21-19-14)20-13-6-3-10(7-11(13)8-16)9-17-12-4-5-12/h3,6-7,12,17H,2,4-5,9H2,1H3. The normalized spacial score (nSPS) is 14.1. The van der Waals surface area contributed by atoms with Gasteiger partial charge in [-0.15, -0.1) is 0 Å². The third kappa shape index (κ3) is 3.82. The molecule has 2 aromatic rings. The predicted octanol–water partition coefficient (Wildman–Crippen LogP) is 3.38. The van der Waals surface area contributed by atoms with Crippen molar-refractivity contribution >= 4 is 23.3 Å². The average Bonchev–Trinajstić information content (AvgIpc) is 3.24. The van der Waals surface area contributed by atoms with E-state index >= 15 is 0 Å². The molecule has 6 heteroatoms. The summed E-state index contributed by atoms with van der Waals surface area (Å²) in [4.78, 5) is 5.39. The topological polar surface area (TPSA) is 61.6 Å². The summed E-state index contributed by atoms with van der Waals surface area (Å²) >= 11 is 2.92. The third-order valence-corrected chi connectivity index (χ3v) is 5.16. The van der Waals surface area contributed by atoms with Crippen LogP contribution in [0.1, 0.15) is 36.7 Å². The molecule has 0 radical (unpaired) electrons. The minimum Gasteiger partial charge on any atom is -0.310 e. The summed E-state index contributed by atoms with van der Waals surface area (Å²) in [5, 5.41) is 12.8. The zero-order chi connectivity index (χ0) is 14.7. The molecule has 0 spiro atoms. The molecule has 1 fully saturated rings. The summed E-state index contributed by atoms with van der Waals surface area (Å²) in [6.45, 7) is 2.88. The lowest BCUT2D eigenvalue weighted by Crippen LogP contribution is -2.15. The fourth-order valence-corrected chi connectivity index (χ4v) is 3.65. The van der Waals surface area contributed by atoms with Crippen molar-refractivity contribution in [1.82, 2.24) is 14.7 Å². The van der Waals surface area contributed by atoms with Gasteiger partial charge in [0.25, 0.3) is 0 Å². The molecular formula is C15H16N4S2. The summed E-state index contributed by atoms with van der Waals surface area (Å²) < 4.78 is 5.17. The van der Waals surface area contributed by atoms with Gasteiger partial charge in [0.2, 0.25) is 0 Å². The average molecular weight is 316 g/mol. The van der Waals surface area contributed by atoms with Gasteiger partial charge in [-0.2, -0.15) is 9.64 Å². The summed E-state index contributed by atoms with van der Waals surface area (Å²) in [7, 11) is 0. The van der Waals surface area contributed by atoms with Crippen LogP contribution >= 0.6 is 23.3 Å². The number of hydrogen-bond acceptors (Lipinski definition) is 6. The second-order valence-electron chi connectivity index (χ2n) is 5.03. The maximum absolute atomic E-state index is 9.35. The Morgan fingerprint density at radius 2 is 2.33 bits per heavy atom. The molecule has 1 saturated carbocycles. The van der Waals surface area contributed by atoms with E-state index in [4.69, 9.17) is 0 Å². The Labute approximate surface area is 132 Å². The van der Waals surface area contributed by atoms with Crippen molar-refractivity contribution in [3.63, 3.8) is 0 Å². The zero-order valence-corrected chi connectivity index (χ0v) is 13.4. The van der Waals surface area contributed by atoms with E-state index in [1.165, 1.54) is 36.1 Å². The predicted molar refractivity (Wildman–Crippen MR) is 84.4 cm³/mol. The minimum atomic E-state index is 0.679. The van der Waals surface area contributed by atoms with Crippen LogP contribution < -0.4 is 5.32 Å². The number of aryl methyl sites for hydroxylation is 1. The zero-order valence-electron chi connectivity index (χ0n) is 11.8. The molecule has 0 amide bonds. The lowest BCUT2D eigenvalue weighted by Gasteiger charge is -2.06. The van der Waals surface area contributed by atoms with Gasteiger partial charge in [0.15, 0.2) is 4.34 Å². The molecule has 0 saturated heterocycles. The highest BCUT2D eigenvalue weighted by Crippen LogP contribution is 2.32. The van der Waals surface area contributed by atoms with E-state index in [1.807, 2.05) is 19.1 Å². The second-order valence-corrected chi connectivity index (χ2v) is 7.07. The summed E-state index contributed by atoms with van der Waals surface area (Å²) in [5.41, 5.74) is 1.87. The van der Waals surface area contributed by atoms with Crippen LogP contribution in [0.3, 0.4) is 0 Å². The Kier molecular flexibility index (Phi) is 4.54. The molecule has 21 heavy (non-hydrogen) atoms. The van der Waals surface area contributed by atoms with Crippen molar-refractivity contribution in [3.8, 4) is 6.07 Å². The van der Waals surface area contributed by atoms with Gasteiger partial charge in [-0.25, -0.2) is 4.98 Å². The van der Waals surface area contributed by atoms with Gasteiger partial charge in [-0.3, -0.25) is 0 Å². The van der Waals surface area contributed by atoms with Crippen molar-refractivity contribution in [1.29, 1.82) is 5.26 Å². The number of benzene rings is 1. The minimum absolute atomic E-state index is 0.679. The molecule has 1 aliphatic carbocycles. The van der Waals surface area contributed by atoms with Crippen molar-refractivity contribution in [2.45, 2.75) is 48.0 Å². The lowest BCUT2D eigenvalue weighted by molar-refractivity contribution is 0.687. The molecule has 1 aromatic carbocycles. The van der Waals surface area contributed by atoms with Crippen LogP contribution in [0.2, 0.25) is 0 Å². The highest BCUT2D eigenvalue weighted by molar-refractivity contribution is 8.01. The smallest absolute Gasteiger partial charge is 0.174 e. The lowest BCUT2D eigenvalue weighted by atomic mass is 10.1. The molecule has 1 aromatic heterocycles. The fourth-order valence-electron chi connectivity index (χ4n) is 1.93. The van der Waals surface area contributed by atoms with Crippen LogP contribution in [0.25, 0.3) is 0 Å². The maximum Gasteiger partial charge on any atom is 0.174 e. The van der Waals surface area contributed by atoms with E-state index in [2.05, 4.69) is 26.8 Å². The first-order valence-corrected chi connectivity index (χ1v) is 8.64. The first-order valence-electron chi connectivity index (χ1n) is 7.05. The van der Waals surface area contributed by atoms with Gasteiger partial charge in [0.1, 0.15) is 11.9 Å². The number of nitriles is 1. The molecule has 3 rings (SSSR count). The number of aromatic nitrogens is 2.